The van der Waals surface area contributed by atoms with Gasteiger partial charge in [-0.2, -0.15) is 0 Å². The van der Waals surface area contributed by atoms with Gasteiger partial charge in [0.2, 0.25) is 0 Å². The molecule has 0 radical (unpaired) electrons. The standard InChI is InChI=1S/C23H20ClFN4O3/c1-14-21-17(12-19(20-3-2-10-31-20)26-22(21)32-27-14)23(30)29-8-6-28(7-9-29)13-15-4-5-16(25)11-18(15)24/h2-5,10-12H,6-9,13H2,1H3. The van der Waals surface area contributed by atoms with Crippen molar-refractivity contribution < 1.29 is 18.1 Å². The van der Waals surface area contributed by atoms with Crippen molar-refractivity contribution >= 4 is 28.6 Å². The number of nitrogens with zero attached hydrogens (tertiary/aromatic N) is 4. The summed E-state index contributed by atoms with van der Waals surface area (Å²) in [5.41, 5.74) is 2.81. The summed E-state index contributed by atoms with van der Waals surface area (Å²) in [6.07, 6.45) is 1.56. The van der Waals surface area contributed by atoms with Crippen molar-refractivity contribution in [3.8, 4) is 11.5 Å². The number of furan rings is 1. The van der Waals surface area contributed by atoms with E-state index in [1.165, 1.54) is 12.1 Å². The van der Waals surface area contributed by atoms with Gasteiger partial charge in [-0.1, -0.05) is 22.8 Å². The molecule has 32 heavy (non-hydrogen) atoms. The molecule has 0 atom stereocenters. The molecule has 0 saturated carbocycles. The van der Waals surface area contributed by atoms with Crippen LogP contribution in [0.2, 0.25) is 5.02 Å². The predicted molar refractivity (Wildman–Crippen MR) is 117 cm³/mol. The second kappa shape index (κ2) is 8.37. The van der Waals surface area contributed by atoms with Crippen molar-refractivity contribution in [3.05, 3.63) is 70.3 Å². The number of benzene rings is 1. The molecule has 1 fully saturated rings. The van der Waals surface area contributed by atoms with E-state index in [4.69, 9.17) is 20.5 Å². The van der Waals surface area contributed by atoms with Gasteiger partial charge in [-0.15, -0.1) is 0 Å². The van der Waals surface area contributed by atoms with Gasteiger partial charge in [0, 0.05) is 37.7 Å². The molecule has 7 nitrogen and oxygen atoms in total. The second-order valence-corrected chi connectivity index (χ2v) is 8.19. The summed E-state index contributed by atoms with van der Waals surface area (Å²) in [6.45, 7) is 4.88. The van der Waals surface area contributed by atoms with Crippen LogP contribution in [0, 0.1) is 12.7 Å². The highest BCUT2D eigenvalue weighted by atomic mass is 35.5. The summed E-state index contributed by atoms with van der Waals surface area (Å²) in [7, 11) is 0. The lowest BCUT2D eigenvalue weighted by atomic mass is 10.1. The number of piperazine rings is 1. The van der Waals surface area contributed by atoms with Crippen LogP contribution in [0.1, 0.15) is 21.6 Å². The molecule has 1 amide bonds. The van der Waals surface area contributed by atoms with Gasteiger partial charge >= 0.3 is 0 Å². The Morgan fingerprint density at radius 2 is 2.00 bits per heavy atom. The molecule has 0 aliphatic carbocycles. The number of aromatic nitrogens is 2. The Morgan fingerprint density at radius 3 is 2.72 bits per heavy atom. The fourth-order valence-corrected chi connectivity index (χ4v) is 4.21. The molecule has 4 aromatic rings. The minimum absolute atomic E-state index is 0.101. The summed E-state index contributed by atoms with van der Waals surface area (Å²) in [5.74, 6) is 0.0998. The monoisotopic (exact) mass is 454 g/mol. The molecule has 0 N–H and O–H groups in total. The van der Waals surface area contributed by atoms with E-state index in [2.05, 4.69) is 15.0 Å². The summed E-state index contributed by atoms with van der Waals surface area (Å²) >= 11 is 6.16. The van der Waals surface area contributed by atoms with Crippen LogP contribution in [0.15, 0.2) is 51.6 Å². The molecular formula is C23H20ClFN4O3. The van der Waals surface area contributed by atoms with Crippen molar-refractivity contribution in [2.45, 2.75) is 13.5 Å². The lowest BCUT2D eigenvalue weighted by Gasteiger charge is -2.35. The predicted octanol–water partition coefficient (Wildman–Crippen LogP) is 4.54. The van der Waals surface area contributed by atoms with Gasteiger partial charge in [0.25, 0.3) is 11.6 Å². The quantitative estimate of drug-likeness (QED) is 0.450. The maximum atomic E-state index is 13.5. The third-order valence-electron chi connectivity index (χ3n) is 5.69. The van der Waals surface area contributed by atoms with Crippen LogP contribution in [0.4, 0.5) is 4.39 Å². The second-order valence-electron chi connectivity index (χ2n) is 7.78. The summed E-state index contributed by atoms with van der Waals surface area (Å²) < 4.78 is 24.1. The molecule has 1 aliphatic rings. The molecule has 0 bridgehead atoms. The van der Waals surface area contributed by atoms with Crippen LogP contribution in [0.3, 0.4) is 0 Å². The van der Waals surface area contributed by atoms with Gasteiger partial charge in [-0.25, -0.2) is 9.37 Å². The summed E-state index contributed by atoms with van der Waals surface area (Å²) in [6, 6.07) is 9.72. The smallest absolute Gasteiger partial charge is 0.259 e. The van der Waals surface area contributed by atoms with Gasteiger partial charge in [0.1, 0.15) is 11.5 Å². The Labute approximate surface area is 188 Å². The van der Waals surface area contributed by atoms with Gasteiger partial charge in [0.05, 0.1) is 22.9 Å². The minimum atomic E-state index is -0.351. The average molecular weight is 455 g/mol. The van der Waals surface area contributed by atoms with Crippen molar-refractivity contribution in [2.24, 2.45) is 0 Å². The Morgan fingerprint density at radius 1 is 1.19 bits per heavy atom. The number of fused-ring (bicyclic) bond motifs is 1. The number of halogens is 2. The van der Waals surface area contributed by atoms with Crippen molar-refractivity contribution in [1.29, 1.82) is 0 Å². The first-order valence-corrected chi connectivity index (χ1v) is 10.6. The summed E-state index contributed by atoms with van der Waals surface area (Å²) in [5, 5.41) is 5.02. The highest BCUT2D eigenvalue weighted by molar-refractivity contribution is 6.31. The van der Waals surface area contributed by atoms with Gasteiger partial charge in [0.15, 0.2) is 5.76 Å². The maximum Gasteiger partial charge on any atom is 0.259 e. The first kappa shape index (κ1) is 20.7. The lowest BCUT2D eigenvalue weighted by Crippen LogP contribution is -2.48. The van der Waals surface area contributed by atoms with Gasteiger partial charge < -0.3 is 13.8 Å². The van der Waals surface area contributed by atoms with Crippen molar-refractivity contribution in [2.75, 3.05) is 26.2 Å². The number of carbonyl (C=O) groups excluding carboxylic acids is 1. The maximum absolute atomic E-state index is 13.5. The SMILES string of the molecule is Cc1noc2nc(-c3ccco3)cc(C(=O)N3CCN(Cc4ccc(F)cc4Cl)CC3)c12. The number of pyridine rings is 1. The van der Waals surface area contributed by atoms with E-state index >= 15 is 0 Å². The van der Waals surface area contributed by atoms with Crippen LogP contribution in [0.25, 0.3) is 22.6 Å². The zero-order valence-electron chi connectivity index (χ0n) is 17.3. The van der Waals surface area contributed by atoms with E-state index in [-0.39, 0.29) is 11.7 Å². The van der Waals surface area contributed by atoms with Crippen molar-refractivity contribution in [1.82, 2.24) is 19.9 Å². The Bertz CT molecular complexity index is 1280. The minimum Gasteiger partial charge on any atom is -0.463 e. The largest absolute Gasteiger partial charge is 0.463 e. The molecule has 1 saturated heterocycles. The molecular weight excluding hydrogens is 435 g/mol. The molecule has 9 heteroatoms. The van der Waals surface area contributed by atoms with Crippen LogP contribution in [0.5, 0.6) is 0 Å². The van der Waals surface area contributed by atoms with Crippen molar-refractivity contribution in [3.63, 3.8) is 0 Å². The zero-order chi connectivity index (χ0) is 22.2. The van der Waals surface area contributed by atoms with Crippen LogP contribution in [-0.2, 0) is 6.54 Å². The fourth-order valence-electron chi connectivity index (χ4n) is 3.98. The number of hydrogen-bond donors (Lipinski definition) is 0. The average Bonchev–Trinajstić information content (AvgIpc) is 3.46. The van der Waals surface area contributed by atoms with E-state index in [9.17, 15) is 9.18 Å². The normalized spacial score (nSPS) is 14.9. The van der Waals surface area contributed by atoms with Gasteiger partial charge in [-0.3, -0.25) is 9.69 Å². The number of hydrogen-bond acceptors (Lipinski definition) is 6. The third-order valence-corrected chi connectivity index (χ3v) is 6.04. The molecule has 3 aromatic heterocycles. The van der Waals surface area contributed by atoms with Crippen LogP contribution < -0.4 is 0 Å². The third kappa shape index (κ3) is 3.87. The first-order valence-electron chi connectivity index (χ1n) is 10.3. The lowest BCUT2D eigenvalue weighted by molar-refractivity contribution is 0.0630. The van der Waals surface area contributed by atoms with E-state index in [1.54, 1.807) is 37.5 Å². The van der Waals surface area contributed by atoms with E-state index in [1.807, 2.05) is 4.90 Å². The van der Waals surface area contributed by atoms with E-state index in [0.717, 1.165) is 5.56 Å². The molecule has 4 heterocycles. The molecule has 1 aliphatic heterocycles. The molecule has 164 valence electrons. The molecule has 5 rings (SSSR count). The van der Waals surface area contributed by atoms with Gasteiger partial charge in [-0.05, 0) is 42.8 Å². The number of rotatable bonds is 4. The Hall–Kier alpha value is -3.23. The number of amides is 1. The topological polar surface area (TPSA) is 75.6 Å². The number of carbonyl (C=O) groups is 1. The highest BCUT2D eigenvalue weighted by Gasteiger charge is 2.27. The number of aryl methyl sites for hydroxylation is 1. The van der Waals surface area contributed by atoms with E-state index < -0.39 is 0 Å². The zero-order valence-corrected chi connectivity index (χ0v) is 18.1. The molecule has 1 aromatic carbocycles. The van der Waals surface area contributed by atoms with Crippen LogP contribution in [-0.4, -0.2) is 52.0 Å². The Balaban J connectivity index is 1.35. The summed E-state index contributed by atoms with van der Waals surface area (Å²) in [4.78, 5) is 21.9. The van der Waals surface area contributed by atoms with Crippen LogP contribution >= 0.6 is 11.6 Å². The molecule has 0 unspecified atom stereocenters. The molecule has 0 spiro atoms. The highest BCUT2D eigenvalue weighted by Crippen LogP contribution is 2.28. The first-order chi connectivity index (χ1) is 15.5. The van der Waals surface area contributed by atoms with E-state index in [0.29, 0.717) is 71.6 Å². The Kier molecular flexibility index (Phi) is 5.40. The fraction of sp³-hybridized carbons (Fsp3) is 0.261.